The van der Waals surface area contributed by atoms with Gasteiger partial charge in [0.25, 0.3) is 0 Å². The van der Waals surface area contributed by atoms with Gasteiger partial charge in [0, 0.05) is 23.4 Å². The first kappa shape index (κ1) is 15.9. The van der Waals surface area contributed by atoms with E-state index in [9.17, 15) is 8.60 Å². The summed E-state index contributed by atoms with van der Waals surface area (Å²) >= 11 is 0. The Balaban J connectivity index is 2.19. The second-order valence-electron chi connectivity index (χ2n) is 5.94. The van der Waals surface area contributed by atoms with Crippen LogP contribution in [0.3, 0.4) is 0 Å². The van der Waals surface area contributed by atoms with Gasteiger partial charge in [-0.15, -0.1) is 0 Å². The molecule has 0 aliphatic heterocycles. The molecule has 0 aliphatic carbocycles. The highest BCUT2D eigenvalue weighted by Gasteiger charge is 2.23. The van der Waals surface area contributed by atoms with Crippen molar-refractivity contribution >= 4 is 11.0 Å². The topological polar surface area (TPSA) is 57.8 Å². The largest absolute Gasteiger partial charge is 0.285 e. The third-order valence-electron chi connectivity index (χ3n) is 3.14. The Morgan fingerprint density at radius 1 is 1.33 bits per heavy atom. The summed E-state index contributed by atoms with van der Waals surface area (Å²) in [6, 6.07) is 4.69. The number of aromatic nitrogens is 2. The Morgan fingerprint density at radius 3 is 2.57 bits per heavy atom. The summed E-state index contributed by atoms with van der Waals surface area (Å²) in [7, 11) is -1.24. The molecule has 0 unspecified atom stereocenters. The molecule has 4 nitrogen and oxygen atoms in total. The van der Waals surface area contributed by atoms with E-state index in [2.05, 4.69) is 14.9 Å². The number of H-pyrrole nitrogens is 1. The lowest BCUT2D eigenvalue weighted by Gasteiger charge is -2.22. The summed E-state index contributed by atoms with van der Waals surface area (Å²) in [6.45, 7) is 7.43. The first-order valence-corrected chi connectivity index (χ1v) is 7.90. The highest BCUT2D eigenvalue weighted by molar-refractivity contribution is 7.84. The predicted molar refractivity (Wildman–Crippen MR) is 83.4 cm³/mol. The summed E-state index contributed by atoms with van der Waals surface area (Å²) in [5.41, 5.74) is 2.09. The number of nitrogens with zero attached hydrogens (tertiary/aromatic N) is 1. The van der Waals surface area contributed by atoms with Crippen LogP contribution in [0.1, 0.15) is 39.3 Å². The lowest BCUT2D eigenvalue weighted by atomic mass is 10.0. The Labute approximate surface area is 126 Å². The van der Waals surface area contributed by atoms with Crippen molar-refractivity contribution in [3.63, 3.8) is 0 Å². The fraction of sp³-hybridized carbons (Fsp3) is 0.400. The maximum Gasteiger partial charge on any atom is 0.128 e. The van der Waals surface area contributed by atoms with E-state index in [1.807, 2.05) is 26.8 Å². The number of rotatable bonds is 4. The molecular formula is C15H20FN3OS. The first-order chi connectivity index (χ1) is 9.79. The van der Waals surface area contributed by atoms with Crippen LogP contribution in [0, 0.1) is 5.82 Å². The summed E-state index contributed by atoms with van der Waals surface area (Å²) in [5, 5.41) is 6.55. The first-order valence-electron chi connectivity index (χ1n) is 6.75. The fourth-order valence-corrected chi connectivity index (χ4v) is 2.67. The van der Waals surface area contributed by atoms with Crippen molar-refractivity contribution < 1.29 is 8.60 Å². The normalized spacial score (nSPS) is 14.9. The Kier molecular flexibility index (Phi) is 4.58. The van der Waals surface area contributed by atoms with Crippen LogP contribution in [-0.4, -0.2) is 19.2 Å². The van der Waals surface area contributed by atoms with Crippen LogP contribution in [0.2, 0.25) is 0 Å². The highest BCUT2D eigenvalue weighted by atomic mass is 32.2. The third-order valence-corrected chi connectivity index (χ3v) is 4.82. The predicted octanol–water partition coefficient (Wildman–Crippen LogP) is 3.33. The second kappa shape index (κ2) is 6.07. The second-order valence-corrected chi connectivity index (χ2v) is 7.94. The maximum atomic E-state index is 14.3. The van der Waals surface area contributed by atoms with Gasteiger partial charge in [0.1, 0.15) is 5.82 Å². The lowest BCUT2D eigenvalue weighted by molar-refractivity contribution is 0.572. The smallest absolute Gasteiger partial charge is 0.128 e. The van der Waals surface area contributed by atoms with Gasteiger partial charge in [-0.05, 0) is 39.3 Å². The Hall–Kier alpha value is -1.53. The number of aromatic amines is 1. The molecule has 1 heterocycles. The average molecular weight is 309 g/mol. The van der Waals surface area contributed by atoms with E-state index in [1.165, 1.54) is 6.07 Å². The van der Waals surface area contributed by atoms with Crippen LogP contribution in [0.5, 0.6) is 0 Å². The van der Waals surface area contributed by atoms with E-state index in [0.29, 0.717) is 5.56 Å². The Morgan fingerprint density at radius 2 is 2.05 bits per heavy atom. The zero-order valence-corrected chi connectivity index (χ0v) is 13.4. The summed E-state index contributed by atoms with van der Waals surface area (Å²) < 4.78 is 28.9. The molecule has 0 saturated carbocycles. The van der Waals surface area contributed by atoms with Crippen LogP contribution < -0.4 is 4.72 Å². The quantitative estimate of drug-likeness (QED) is 0.910. The van der Waals surface area contributed by atoms with Crippen molar-refractivity contribution in [3.8, 4) is 11.1 Å². The van der Waals surface area contributed by atoms with Gasteiger partial charge in [-0.1, -0.05) is 12.1 Å². The summed E-state index contributed by atoms with van der Waals surface area (Å²) in [5.74, 6) is -0.320. The van der Waals surface area contributed by atoms with Crippen molar-refractivity contribution in [1.82, 2.24) is 14.9 Å². The molecule has 1 aromatic carbocycles. The van der Waals surface area contributed by atoms with Crippen LogP contribution >= 0.6 is 0 Å². The van der Waals surface area contributed by atoms with E-state index >= 15 is 0 Å². The monoisotopic (exact) mass is 309 g/mol. The number of nitrogens with one attached hydrogen (secondary N) is 2. The van der Waals surface area contributed by atoms with Crippen molar-refractivity contribution in [3.05, 3.63) is 42.0 Å². The number of hydrogen-bond acceptors (Lipinski definition) is 2. The zero-order valence-electron chi connectivity index (χ0n) is 12.6. The molecule has 2 aromatic rings. The molecule has 114 valence electrons. The molecule has 0 amide bonds. The van der Waals surface area contributed by atoms with Gasteiger partial charge in [0.15, 0.2) is 0 Å². The Bertz CT molecular complexity index is 635. The van der Waals surface area contributed by atoms with E-state index in [4.69, 9.17) is 0 Å². The van der Waals surface area contributed by atoms with Crippen LogP contribution in [0.4, 0.5) is 4.39 Å². The molecule has 2 N–H and O–H groups in total. The van der Waals surface area contributed by atoms with Crippen molar-refractivity contribution in [2.45, 2.75) is 38.5 Å². The highest BCUT2D eigenvalue weighted by Crippen LogP contribution is 2.25. The van der Waals surface area contributed by atoms with Gasteiger partial charge in [-0.25, -0.2) is 13.3 Å². The third kappa shape index (κ3) is 3.77. The average Bonchev–Trinajstić information content (AvgIpc) is 2.90. The van der Waals surface area contributed by atoms with E-state index in [1.54, 1.807) is 25.4 Å². The van der Waals surface area contributed by atoms with Crippen LogP contribution in [-0.2, 0) is 11.0 Å². The molecule has 0 fully saturated rings. The minimum absolute atomic E-state index is 0.320. The maximum absolute atomic E-state index is 14.3. The van der Waals surface area contributed by atoms with Crippen molar-refractivity contribution in [2.75, 3.05) is 0 Å². The standard InChI is InChI=1S/C15H20FN3OS/c1-10(19-21(20)15(2,3)4)13-6-5-11(7-14(13)16)12-8-17-18-9-12/h5-10,19H,1-4H3,(H,17,18)/t10-,21+/m0/s1. The van der Waals surface area contributed by atoms with Gasteiger partial charge in [0.05, 0.1) is 21.9 Å². The van der Waals surface area contributed by atoms with Crippen molar-refractivity contribution in [1.29, 1.82) is 0 Å². The molecule has 0 bridgehead atoms. The molecule has 0 spiro atoms. The van der Waals surface area contributed by atoms with E-state index in [-0.39, 0.29) is 16.6 Å². The zero-order chi connectivity index (χ0) is 15.6. The molecule has 21 heavy (non-hydrogen) atoms. The van der Waals surface area contributed by atoms with Gasteiger partial charge >= 0.3 is 0 Å². The number of benzene rings is 1. The summed E-state index contributed by atoms with van der Waals surface area (Å²) in [6.07, 6.45) is 3.36. The molecule has 1 aromatic heterocycles. The molecule has 2 atom stereocenters. The van der Waals surface area contributed by atoms with Crippen LogP contribution in [0.15, 0.2) is 30.6 Å². The number of hydrogen-bond donors (Lipinski definition) is 2. The van der Waals surface area contributed by atoms with Gasteiger partial charge in [0.2, 0.25) is 0 Å². The molecular weight excluding hydrogens is 289 g/mol. The molecule has 2 rings (SSSR count). The van der Waals surface area contributed by atoms with E-state index < -0.39 is 11.0 Å². The SMILES string of the molecule is C[C@H](N[S@](=O)C(C)(C)C)c1ccc(-c2cn[nH]c2)cc1F. The number of halogens is 1. The van der Waals surface area contributed by atoms with Gasteiger partial charge < -0.3 is 0 Å². The molecule has 0 aliphatic rings. The van der Waals surface area contributed by atoms with E-state index in [0.717, 1.165) is 11.1 Å². The minimum atomic E-state index is -1.24. The van der Waals surface area contributed by atoms with Crippen LogP contribution in [0.25, 0.3) is 11.1 Å². The van der Waals surface area contributed by atoms with Gasteiger partial charge in [-0.3, -0.25) is 5.10 Å². The lowest BCUT2D eigenvalue weighted by Crippen LogP contribution is -2.35. The molecule has 0 radical (unpaired) electrons. The molecule has 0 saturated heterocycles. The molecule has 6 heteroatoms. The summed E-state index contributed by atoms with van der Waals surface area (Å²) in [4.78, 5) is 0. The van der Waals surface area contributed by atoms with Gasteiger partial charge in [-0.2, -0.15) is 5.10 Å². The minimum Gasteiger partial charge on any atom is -0.285 e. The van der Waals surface area contributed by atoms with Crippen molar-refractivity contribution in [2.24, 2.45) is 0 Å². The fourth-order valence-electron chi connectivity index (χ4n) is 1.87.